The number of aromatic nitrogens is 1. The summed E-state index contributed by atoms with van der Waals surface area (Å²) >= 11 is 1.83. The standard InChI is InChI=1S/C11H17F2NS/c1-9(2)15-7-6-14-5-4-10(8-14)11(3,12)13/h4-5,8-9H,6-7H2,1-3H3. The molecule has 0 radical (unpaired) electrons. The predicted octanol–water partition coefficient (Wildman–Crippen LogP) is 3.74. The number of rotatable bonds is 5. The third kappa shape index (κ3) is 4.24. The number of hydrogen-bond donors (Lipinski definition) is 0. The van der Waals surface area contributed by atoms with Gasteiger partial charge in [0.2, 0.25) is 0 Å². The van der Waals surface area contributed by atoms with Gasteiger partial charge >= 0.3 is 0 Å². The molecule has 15 heavy (non-hydrogen) atoms. The van der Waals surface area contributed by atoms with E-state index in [1.54, 1.807) is 6.20 Å². The van der Waals surface area contributed by atoms with Crippen LogP contribution in [0, 0.1) is 0 Å². The van der Waals surface area contributed by atoms with Gasteiger partial charge in [-0.05, 0) is 11.3 Å². The van der Waals surface area contributed by atoms with Crippen molar-refractivity contribution in [1.29, 1.82) is 0 Å². The van der Waals surface area contributed by atoms with Gasteiger partial charge in [-0.15, -0.1) is 0 Å². The lowest BCUT2D eigenvalue weighted by Gasteiger charge is -2.07. The molecule has 0 saturated carbocycles. The lowest BCUT2D eigenvalue weighted by molar-refractivity contribution is 0.0174. The normalized spacial score (nSPS) is 12.4. The first kappa shape index (κ1) is 12.6. The summed E-state index contributed by atoms with van der Waals surface area (Å²) in [5.74, 6) is -1.77. The first-order valence-corrected chi connectivity index (χ1v) is 6.10. The molecule has 0 spiro atoms. The van der Waals surface area contributed by atoms with E-state index in [0.29, 0.717) is 5.25 Å². The van der Waals surface area contributed by atoms with E-state index in [4.69, 9.17) is 0 Å². The van der Waals surface area contributed by atoms with Gasteiger partial charge < -0.3 is 4.57 Å². The average Bonchev–Trinajstić information content (AvgIpc) is 2.51. The second kappa shape index (κ2) is 5.01. The maximum Gasteiger partial charge on any atom is 0.271 e. The Bertz CT molecular complexity index is 302. The fourth-order valence-electron chi connectivity index (χ4n) is 1.23. The van der Waals surface area contributed by atoms with Gasteiger partial charge in [0, 0.05) is 37.2 Å². The second-order valence-corrected chi connectivity index (χ2v) is 5.63. The minimum atomic E-state index is -2.73. The van der Waals surface area contributed by atoms with Crippen LogP contribution >= 0.6 is 11.8 Å². The van der Waals surface area contributed by atoms with Gasteiger partial charge in [0.25, 0.3) is 5.92 Å². The Kier molecular flexibility index (Phi) is 4.20. The molecule has 1 heterocycles. The summed E-state index contributed by atoms with van der Waals surface area (Å²) in [5, 5.41) is 0.590. The van der Waals surface area contributed by atoms with E-state index >= 15 is 0 Å². The molecule has 1 aromatic heterocycles. The minimum absolute atomic E-state index is 0.0945. The summed E-state index contributed by atoms with van der Waals surface area (Å²) in [4.78, 5) is 0. The highest BCUT2D eigenvalue weighted by molar-refractivity contribution is 7.99. The van der Waals surface area contributed by atoms with Crippen molar-refractivity contribution in [2.45, 2.75) is 38.5 Å². The first-order valence-electron chi connectivity index (χ1n) is 5.05. The Labute approximate surface area is 93.9 Å². The number of hydrogen-bond acceptors (Lipinski definition) is 1. The number of nitrogens with zero attached hydrogens (tertiary/aromatic N) is 1. The Hall–Kier alpha value is -0.510. The summed E-state index contributed by atoms with van der Waals surface area (Å²) in [6.07, 6.45) is 3.24. The molecule has 0 amide bonds. The van der Waals surface area contributed by atoms with Crippen LogP contribution in [0.2, 0.25) is 0 Å². The molecule has 1 aromatic rings. The number of halogens is 2. The summed E-state index contributed by atoms with van der Waals surface area (Å²) in [5.41, 5.74) is 0.0945. The number of aryl methyl sites for hydroxylation is 1. The van der Waals surface area contributed by atoms with Gasteiger partial charge in [-0.3, -0.25) is 0 Å². The molecule has 0 unspecified atom stereocenters. The molecule has 0 aliphatic carbocycles. The number of thioether (sulfide) groups is 1. The van der Waals surface area contributed by atoms with Crippen LogP contribution in [0.25, 0.3) is 0 Å². The van der Waals surface area contributed by atoms with E-state index in [0.717, 1.165) is 19.2 Å². The van der Waals surface area contributed by atoms with Gasteiger partial charge in [0.05, 0.1) is 0 Å². The van der Waals surface area contributed by atoms with Crippen LogP contribution in [0.15, 0.2) is 18.5 Å². The molecule has 0 atom stereocenters. The predicted molar refractivity (Wildman–Crippen MR) is 61.6 cm³/mol. The summed E-state index contributed by atoms with van der Waals surface area (Å²) in [6, 6.07) is 1.49. The van der Waals surface area contributed by atoms with Crippen molar-refractivity contribution < 1.29 is 8.78 Å². The molecule has 1 rings (SSSR count). The van der Waals surface area contributed by atoms with Gasteiger partial charge in [0.15, 0.2) is 0 Å². The topological polar surface area (TPSA) is 4.93 Å². The molecule has 1 nitrogen and oxygen atoms in total. The summed E-state index contributed by atoms with van der Waals surface area (Å²) < 4.78 is 27.6. The molecule has 0 aliphatic rings. The van der Waals surface area contributed by atoms with E-state index in [1.807, 2.05) is 16.3 Å². The minimum Gasteiger partial charge on any atom is -0.353 e. The van der Waals surface area contributed by atoms with Crippen molar-refractivity contribution in [2.75, 3.05) is 5.75 Å². The number of alkyl halides is 2. The van der Waals surface area contributed by atoms with Crippen LogP contribution in [0.5, 0.6) is 0 Å². The molecule has 0 fully saturated rings. The Morgan fingerprint density at radius 3 is 2.60 bits per heavy atom. The Balaban J connectivity index is 2.47. The van der Waals surface area contributed by atoms with Crippen molar-refractivity contribution in [3.8, 4) is 0 Å². The molecule has 86 valence electrons. The Morgan fingerprint density at radius 1 is 1.47 bits per heavy atom. The smallest absolute Gasteiger partial charge is 0.271 e. The van der Waals surface area contributed by atoms with E-state index in [2.05, 4.69) is 13.8 Å². The second-order valence-electron chi connectivity index (χ2n) is 3.95. The Morgan fingerprint density at radius 2 is 2.13 bits per heavy atom. The molecular formula is C11H17F2NS. The highest BCUT2D eigenvalue weighted by Crippen LogP contribution is 2.26. The summed E-state index contributed by atoms with van der Waals surface area (Å²) in [6.45, 7) is 5.98. The SMILES string of the molecule is CC(C)SCCn1ccc(C(C)(F)F)c1. The zero-order chi connectivity index (χ0) is 11.5. The highest BCUT2D eigenvalue weighted by Gasteiger charge is 2.24. The molecule has 4 heteroatoms. The maximum atomic E-state index is 12.9. The van der Waals surface area contributed by atoms with Crippen LogP contribution in [-0.2, 0) is 12.5 Å². The van der Waals surface area contributed by atoms with Gasteiger partial charge in [0.1, 0.15) is 0 Å². The molecule has 0 bridgehead atoms. The average molecular weight is 233 g/mol. The quantitative estimate of drug-likeness (QED) is 0.750. The highest BCUT2D eigenvalue weighted by atomic mass is 32.2. The van der Waals surface area contributed by atoms with Crippen molar-refractivity contribution in [3.63, 3.8) is 0 Å². The van der Waals surface area contributed by atoms with Gasteiger partial charge in [-0.2, -0.15) is 11.8 Å². The van der Waals surface area contributed by atoms with E-state index in [1.165, 1.54) is 12.3 Å². The van der Waals surface area contributed by atoms with Crippen molar-refractivity contribution in [2.24, 2.45) is 0 Å². The molecule has 0 saturated heterocycles. The van der Waals surface area contributed by atoms with Crippen LogP contribution in [-0.4, -0.2) is 15.6 Å². The van der Waals surface area contributed by atoms with Crippen LogP contribution in [0.1, 0.15) is 26.3 Å². The molecule has 0 aromatic carbocycles. The van der Waals surface area contributed by atoms with E-state index in [-0.39, 0.29) is 5.56 Å². The molecule has 0 N–H and O–H groups in total. The first-order chi connectivity index (χ1) is 6.89. The van der Waals surface area contributed by atoms with Crippen molar-refractivity contribution >= 4 is 11.8 Å². The summed E-state index contributed by atoms with van der Waals surface area (Å²) in [7, 11) is 0. The third-order valence-corrected chi connectivity index (χ3v) is 3.14. The van der Waals surface area contributed by atoms with Crippen molar-refractivity contribution in [1.82, 2.24) is 4.57 Å². The van der Waals surface area contributed by atoms with Gasteiger partial charge in [-0.1, -0.05) is 13.8 Å². The third-order valence-electron chi connectivity index (χ3n) is 2.06. The fraction of sp³-hybridized carbons (Fsp3) is 0.636. The maximum absolute atomic E-state index is 12.9. The lowest BCUT2D eigenvalue weighted by Crippen LogP contribution is -2.06. The molecule has 0 aliphatic heterocycles. The van der Waals surface area contributed by atoms with Gasteiger partial charge in [-0.25, -0.2) is 8.78 Å². The fourth-order valence-corrected chi connectivity index (χ4v) is 2.02. The zero-order valence-electron chi connectivity index (χ0n) is 9.34. The monoisotopic (exact) mass is 233 g/mol. The van der Waals surface area contributed by atoms with Crippen LogP contribution < -0.4 is 0 Å². The van der Waals surface area contributed by atoms with E-state index in [9.17, 15) is 8.78 Å². The largest absolute Gasteiger partial charge is 0.353 e. The van der Waals surface area contributed by atoms with Crippen LogP contribution in [0.4, 0.5) is 8.78 Å². The molecular weight excluding hydrogens is 216 g/mol. The zero-order valence-corrected chi connectivity index (χ0v) is 10.2. The van der Waals surface area contributed by atoms with E-state index < -0.39 is 5.92 Å². The van der Waals surface area contributed by atoms with Crippen LogP contribution in [0.3, 0.4) is 0 Å². The van der Waals surface area contributed by atoms with Crippen molar-refractivity contribution in [3.05, 3.63) is 24.0 Å². The lowest BCUT2D eigenvalue weighted by atomic mass is 10.2.